The van der Waals surface area contributed by atoms with Gasteiger partial charge in [0.1, 0.15) is 11.7 Å². The molecule has 1 fully saturated rings. The second-order valence-electron chi connectivity index (χ2n) is 6.57. The number of rotatable bonds is 3. The molecule has 1 saturated heterocycles. The van der Waals surface area contributed by atoms with Crippen LogP contribution in [0.25, 0.3) is 0 Å². The van der Waals surface area contributed by atoms with Gasteiger partial charge in [-0.05, 0) is 12.8 Å². The van der Waals surface area contributed by atoms with E-state index in [0.717, 1.165) is 11.0 Å². The fourth-order valence-electron chi connectivity index (χ4n) is 2.97. The molecule has 0 radical (unpaired) electrons. The molecule has 2 aromatic rings. The first-order valence-electron chi connectivity index (χ1n) is 8.22. The summed E-state index contributed by atoms with van der Waals surface area (Å²) in [6, 6.07) is 0.846. The number of aromatic nitrogens is 4. The second-order valence-corrected chi connectivity index (χ2v) is 6.57. The zero-order valence-corrected chi connectivity index (χ0v) is 14.7. The number of carbonyl (C=O) groups is 1. The Kier molecular flexibility index (Phi) is 4.32. The van der Waals surface area contributed by atoms with E-state index in [-0.39, 0.29) is 23.6 Å². The van der Waals surface area contributed by atoms with E-state index in [2.05, 4.69) is 10.1 Å². The average Bonchev–Trinajstić information content (AvgIpc) is 3.23. The van der Waals surface area contributed by atoms with Crippen molar-refractivity contribution in [3.05, 3.63) is 44.3 Å². The molecule has 134 valence electrons. The lowest BCUT2D eigenvalue weighted by molar-refractivity contribution is 0.0698. The zero-order chi connectivity index (χ0) is 18.3. The highest BCUT2D eigenvalue weighted by Crippen LogP contribution is 2.32. The molecule has 1 unspecified atom stereocenters. The summed E-state index contributed by atoms with van der Waals surface area (Å²) in [6.07, 6.45) is 1.48. The van der Waals surface area contributed by atoms with Crippen LogP contribution in [-0.2, 0) is 14.1 Å². The summed E-state index contributed by atoms with van der Waals surface area (Å²) in [6.45, 7) is 4.43. The molecule has 1 atom stereocenters. The standard InChI is InChI=1S/C16H21N5O4/c1-9(2)13-17-14(25-18-13)10-6-5-7-21(10)15(23)11-8-12(22)20(4)16(24)19(11)3/h8-10H,5-7H2,1-4H3. The Morgan fingerprint density at radius 3 is 2.64 bits per heavy atom. The van der Waals surface area contributed by atoms with Crippen LogP contribution >= 0.6 is 0 Å². The van der Waals surface area contributed by atoms with Crippen molar-refractivity contribution < 1.29 is 9.32 Å². The number of likely N-dealkylation sites (tertiary alicyclic amines) is 1. The van der Waals surface area contributed by atoms with Crippen LogP contribution in [0.4, 0.5) is 0 Å². The van der Waals surface area contributed by atoms with Crippen LogP contribution in [0.15, 0.2) is 20.2 Å². The molecule has 9 nitrogen and oxygen atoms in total. The molecule has 3 rings (SSSR count). The highest BCUT2D eigenvalue weighted by molar-refractivity contribution is 5.92. The van der Waals surface area contributed by atoms with Gasteiger partial charge in [0, 0.05) is 32.6 Å². The molecule has 1 amide bonds. The fourth-order valence-corrected chi connectivity index (χ4v) is 2.97. The van der Waals surface area contributed by atoms with Gasteiger partial charge >= 0.3 is 5.69 Å². The lowest BCUT2D eigenvalue weighted by Gasteiger charge is -2.22. The molecule has 0 aliphatic carbocycles. The largest absolute Gasteiger partial charge is 0.337 e. The Morgan fingerprint density at radius 2 is 2.00 bits per heavy atom. The summed E-state index contributed by atoms with van der Waals surface area (Å²) < 4.78 is 7.48. The Hall–Kier alpha value is -2.71. The number of nitrogens with zero attached hydrogens (tertiary/aromatic N) is 5. The van der Waals surface area contributed by atoms with Crippen molar-refractivity contribution in [2.24, 2.45) is 14.1 Å². The van der Waals surface area contributed by atoms with Gasteiger partial charge in [0.05, 0.1) is 0 Å². The van der Waals surface area contributed by atoms with E-state index >= 15 is 0 Å². The van der Waals surface area contributed by atoms with Crippen LogP contribution in [0.5, 0.6) is 0 Å². The third-order valence-electron chi connectivity index (χ3n) is 4.52. The van der Waals surface area contributed by atoms with E-state index in [1.54, 1.807) is 4.90 Å². The van der Waals surface area contributed by atoms with E-state index in [1.807, 2.05) is 13.8 Å². The Balaban J connectivity index is 1.96. The highest BCUT2D eigenvalue weighted by Gasteiger charge is 2.35. The quantitative estimate of drug-likeness (QED) is 0.804. The van der Waals surface area contributed by atoms with Crippen molar-refractivity contribution >= 4 is 5.91 Å². The molecular formula is C16H21N5O4. The van der Waals surface area contributed by atoms with E-state index in [9.17, 15) is 14.4 Å². The molecule has 0 saturated carbocycles. The average molecular weight is 347 g/mol. The normalized spacial score (nSPS) is 17.5. The van der Waals surface area contributed by atoms with E-state index in [1.165, 1.54) is 24.7 Å². The molecule has 3 heterocycles. The van der Waals surface area contributed by atoms with Crippen LogP contribution < -0.4 is 11.2 Å². The van der Waals surface area contributed by atoms with Gasteiger partial charge in [0.15, 0.2) is 5.82 Å². The lowest BCUT2D eigenvalue weighted by atomic mass is 10.2. The van der Waals surface area contributed by atoms with E-state index < -0.39 is 11.2 Å². The third kappa shape index (κ3) is 2.90. The van der Waals surface area contributed by atoms with Crippen LogP contribution in [0.3, 0.4) is 0 Å². The summed E-state index contributed by atoms with van der Waals surface area (Å²) in [5.41, 5.74) is -0.989. The van der Waals surface area contributed by atoms with Crippen LogP contribution in [0.2, 0.25) is 0 Å². The summed E-state index contributed by atoms with van der Waals surface area (Å²) in [5, 5.41) is 3.95. The monoisotopic (exact) mass is 347 g/mol. The molecular weight excluding hydrogens is 326 g/mol. The van der Waals surface area contributed by atoms with Gasteiger partial charge in [-0.15, -0.1) is 0 Å². The first-order chi connectivity index (χ1) is 11.8. The van der Waals surface area contributed by atoms with Crippen molar-refractivity contribution in [2.45, 2.75) is 38.6 Å². The minimum atomic E-state index is -0.536. The summed E-state index contributed by atoms with van der Waals surface area (Å²) in [5.74, 6) is 0.726. The predicted molar refractivity (Wildman–Crippen MR) is 88.3 cm³/mol. The van der Waals surface area contributed by atoms with Crippen LogP contribution in [0.1, 0.15) is 60.9 Å². The van der Waals surface area contributed by atoms with Gasteiger partial charge in [-0.2, -0.15) is 4.98 Å². The van der Waals surface area contributed by atoms with Gasteiger partial charge in [0.25, 0.3) is 11.5 Å². The van der Waals surface area contributed by atoms with E-state index in [4.69, 9.17) is 4.52 Å². The first-order valence-corrected chi connectivity index (χ1v) is 8.22. The molecule has 2 aromatic heterocycles. The van der Waals surface area contributed by atoms with E-state index in [0.29, 0.717) is 24.7 Å². The van der Waals surface area contributed by atoms with Crippen molar-refractivity contribution in [2.75, 3.05) is 6.54 Å². The summed E-state index contributed by atoms with van der Waals surface area (Å²) in [7, 11) is 2.85. The maximum absolute atomic E-state index is 12.9. The maximum Gasteiger partial charge on any atom is 0.331 e. The minimum absolute atomic E-state index is 0.0589. The number of carbonyl (C=O) groups excluding carboxylic acids is 1. The Bertz CT molecular complexity index is 923. The number of hydrogen-bond donors (Lipinski definition) is 0. The Labute approximate surface area is 143 Å². The Morgan fingerprint density at radius 1 is 1.28 bits per heavy atom. The van der Waals surface area contributed by atoms with Gasteiger partial charge in [-0.3, -0.25) is 18.7 Å². The molecule has 1 aliphatic heterocycles. The SMILES string of the molecule is CC(C)c1noc(C2CCCN2C(=O)c2cc(=O)n(C)c(=O)n2C)n1. The third-order valence-corrected chi connectivity index (χ3v) is 4.52. The molecule has 0 bridgehead atoms. The lowest BCUT2D eigenvalue weighted by Crippen LogP contribution is -2.42. The second kappa shape index (κ2) is 6.30. The van der Waals surface area contributed by atoms with Gasteiger partial charge in [-0.1, -0.05) is 19.0 Å². The predicted octanol–water partition coefficient (Wildman–Crippen LogP) is 0.568. The zero-order valence-electron chi connectivity index (χ0n) is 14.7. The molecule has 1 aliphatic rings. The van der Waals surface area contributed by atoms with Crippen LogP contribution in [-0.4, -0.2) is 36.6 Å². The highest BCUT2D eigenvalue weighted by atomic mass is 16.5. The van der Waals surface area contributed by atoms with Crippen molar-refractivity contribution in [3.8, 4) is 0 Å². The van der Waals surface area contributed by atoms with Crippen molar-refractivity contribution in [3.63, 3.8) is 0 Å². The van der Waals surface area contributed by atoms with Gasteiger partial charge in [0.2, 0.25) is 5.89 Å². The maximum atomic E-state index is 12.9. The molecule has 25 heavy (non-hydrogen) atoms. The van der Waals surface area contributed by atoms with Crippen molar-refractivity contribution in [1.29, 1.82) is 0 Å². The fraction of sp³-hybridized carbons (Fsp3) is 0.562. The van der Waals surface area contributed by atoms with Crippen molar-refractivity contribution in [1.82, 2.24) is 24.2 Å². The van der Waals surface area contributed by atoms with Crippen LogP contribution in [0, 0.1) is 0 Å². The van der Waals surface area contributed by atoms with Gasteiger partial charge < -0.3 is 9.42 Å². The topological polar surface area (TPSA) is 103 Å². The molecule has 9 heteroatoms. The minimum Gasteiger partial charge on any atom is -0.337 e. The number of amides is 1. The first kappa shape index (κ1) is 17.1. The van der Waals surface area contributed by atoms with Gasteiger partial charge in [-0.25, -0.2) is 4.79 Å². The molecule has 0 aromatic carbocycles. The summed E-state index contributed by atoms with van der Waals surface area (Å²) in [4.78, 5) is 42.9. The summed E-state index contributed by atoms with van der Waals surface area (Å²) >= 11 is 0. The molecule has 0 spiro atoms. The number of hydrogen-bond acceptors (Lipinski definition) is 6. The molecule has 0 N–H and O–H groups in total. The smallest absolute Gasteiger partial charge is 0.331 e.